The maximum atomic E-state index is 12.3. The van der Waals surface area contributed by atoms with Crippen molar-refractivity contribution in [3.05, 3.63) is 41.5 Å². The van der Waals surface area contributed by atoms with E-state index < -0.39 is 11.8 Å². The van der Waals surface area contributed by atoms with Crippen molar-refractivity contribution in [2.75, 3.05) is 35.5 Å². The summed E-state index contributed by atoms with van der Waals surface area (Å²) in [6.07, 6.45) is -0.0155. The number of benzene rings is 2. The molecule has 0 bridgehead atoms. The number of methoxy groups -OCH3 is 5. The highest BCUT2D eigenvalue weighted by Crippen LogP contribution is 2.38. The van der Waals surface area contributed by atoms with E-state index >= 15 is 0 Å². The first-order valence-electron chi connectivity index (χ1n) is 8.56. The van der Waals surface area contributed by atoms with Gasteiger partial charge in [-0.05, 0) is 29.8 Å². The van der Waals surface area contributed by atoms with Gasteiger partial charge in [0.25, 0.3) is 5.91 Å². The third kappa shape index (κ3) is 5.44. The van der Waals surface area contributed by atoms with E-state index in [0.717, 1.165) is 0 Å². The zero-order valence-electron chi connectivity index (χ0n) is 17.0. The number of amides is 2. The van der Waals surface area contributed by atoms with Crippen LogP contribution in [0, 0.1) is 0 Å². The SMILES string of the molecule is COc1cc(OC)cc(C(=O)NNC(=O)Cc2cc(OC)c(OC)c(OC)c2)c1. The van der Waals surface area contributed by atoms with Crippen molar-refractivity contribution in [2.24, 2.45) is 0 Å². The van der Waals surface area contributed by atoms with Crippen LogP contribution in [-0.2, 0) is 11.2 Å². The Morgan fingerprint density at radius 3 is 1.72 bits per heavy atom. The summed E-state index contributed by atoms with van der Waals surface area (Å²) >= 11 is 0. The van der Waals surface area contributed by atoms with Crippen LogP contribution >= 0.6 is 0 Å². The van der Waals surface area contributed by atoms with Crippen molar-refractivity contribution < 1.29 is 33.3 Å². The van der Waals surface area contributed by atoms with E-state index in [9.17, 15) is 9.59 Å². The smallest absolute Gasteiger partial charge is 0.269 e. The largest absolute Gasteiger partial charge is 0.497 e. The number of carbonyl (C=O) groups is 2. The van der Waals surface area contributed by atoms with E-state index in [2.05, 4.69) is 10.9 Å². The summed E-state index contributed by atoms with van der Waals surface area (Å²) in [7, 11) is 7.44. The highest BCUT2D eigenvalue weighted by Gasteiger charge is 2.16. The Hall–Kier alpha value is -3.62. The summed E-state index contributed by atoms with van der Waals surface area (Å²) in [6.45, 7) is 0. The van der Waals surface area contributed by atoms with E-state index in [1.54, 1.807) is 18.2 Å². The summed E-state index contributed by atoms with van der Waals surface area (Å²) in [4.78, 5) is 24.6. The van der Waals surface area contributed by atoms with Crippen LogP contribution in [0.3, 0.4) is 0 Å². The van der Waals surface area contributed by atoms with Crippen LogP contribution < -0.4 is 34.5 Å². The lowest BCUT2D eigenvalue weighted by molar-refractivity contribution is -0.121. The van der Waals surface area contributed by atoms with Crippen LogP contribution in [0.5, 0.6) is 28.7 Å². The highest BCUT2D eigenvalue weighted by molar-refractivity contribution is 5.96. The van der Waals surface area contributed by atoms with Crippen molar-refractivity contribution in [2.45, 2.75) is 6.42 Å². The molecule has 9 heteroatoms. The van der Waals surface area contributed by atoms with Crippen LogP contribution in [0.25, 0.3) is 0 Å². The molecule has 0 aliphatic heterocycles. The average molecular weight is 404 g/mol. The number of nitrogens with one attached hydrogen (secondary N) is 2. The monoisotopic (exact) mass is 404 g/mol. The van der Waals surface area contributed by atoms with Gasteiger partial charge in [0.2, 0.25) is 11.7 Å². The maximum absolute atomic E-state index is 12.3. The number of ether oxygens (including phenoxy) is 5. The Morgan fingerprint density at radius 2 is 1.28 bits per heavy atom. The van der Waals surface area contributed by atoms with Crippen LogP contribution in [0.1, 0.15) is 15.9 Å². The Bertz CT molecular complexity index is 836. The quantitative estimate of drug-likeness (QED) is 0.646. The predicted octanol–water partition coefficient (Wildman–Crippen LogP) is 1.73. The van der Waals surface area contributed by atoms with E-state index in [-0.39, 0.29) is 12.0 Å². The number of hydrogen-bond acceptors (Lipinski definition) is 7. The van der Waals surface area contributed by atoms with Gasteiger partial charge in [-0.3, -0.25) is 20.4 Å². The fraction of sp³-hybridized carbons (Fsp3) is 0.300. The van der Waals surface area contributed by atoms with Crippen molar-refractivity contribution in [1.29, 1.82) is 0 Å². The Balaban J connectivity index is 2.06. The molecule has 2 aromatic carbocycles. The van der Waals surface area contributed by atoms with E-state index in [4.69, 9.17) is 23.7 Å². The number of hydrogen-bond donors (Lipinski definition) is 2. The van der Waals surface area contributed by atoms with Crippen molar-refractivity contribution in [3.63, 3.8) is 0 Å². The lowest BCUT2D eigenvalue weighted by atomic mass is 10.1. The minimum absolute atomic E-state index is 0.0155. The first-order chi connectivity index (χ1) is 13.9. The minimum atomic E-state index is -0.513. The fourth-order valence-corrected chi connectivity index (χ4v) is 2.60. The lowest BCUT2D eigenvalue weighted by Gasteiger charge is -2.14. The van der Waals surface area contributed by atoms with Gasteiger partial charge in [0, 0.05) is 11.6 Å². The molecule has 2 N–H and O–H groups in total. The van der Waals surface area contributed by atoms with E-state index in [0.29, 0.717) is 34.3 Å². The summed E-state index contributed by atoms with van der Waals surface area (Å²) in [6, 6.07) is 8.03. The summed E-state index contributed by atoms with van der Waals surface area (Å²) in [5, 5.41) is 0. The van der Waals surface area contributed by atoms with Gasteiger partial charge >= 0.3 is 0 Å². The van der Waals surface area contributed by atoms with Gasteiger partial charge in [-0.15, -0.1) is 0 Å². The molecule has 0 heterocycles. The molecule has 0 atom stereocenters. The second kappa shape index (κ2) is 10.1. The summed E-state index contributed by atoms with van der Waals surface area (Å²) in [5.74, 6) is 1.27. The van der Waals surface area contributed by atoms with Crippen LogP contribution in [0.4, 0.5) is 0 Å². The van der Waals surface area contributed by atoms with Crippen LogP contribution in [0.2, 0.25) is 0 Å². The molecule has 9 nitrogen and oxygen atoms in total. The molecule has 156 valence electrons. The van der Waals surface area contributed by atoms with Gasteiger partial charge < -0.3 is 23.7 Å². The normalized spacial score (nSPS) is 9.97. The first-order valence-corrected chi connectivity index (χ1v) is 8.56. The van der Waals surface area contributed by atoms with Gasteiger partial charge in [0.1, 0.15) is 11.5 Å². The standard InChI is InChI=1S/C20H24N2O7/c1-25-14-9-13(10-15(11-14)26-2)20(24)22-21-18(23)8-12-6-16(27-3)19(29-5)17(7-12)28-4/h6-7,9-11H,8H2,1-5H3,(H,21,23)(H,22,24). The lowest BCUT2D eigenvalue weighted by Crippen LogP contribution is -2.42. The van der Waals surface area contributed by atoms with Gasteiger partial charge in [-0.2, -0.15) is 0 Å². The molecule has 0 saturated carbocycles. The van der Waals surface area contributed by atoms with Crippen LogP contribution in [0.15, 0.2) is 30.3 Å². The molecular weight excluding hydrogens is 380 g/mol. The highest BCUT2D eigenvalue weighted by atomic mass is 16.5. The van der Waals surface area contributed by atoms with Crippen molar-refractivity contribution >= 4 is 11.8 Å². The number of carbonyl (C=O) groups excluding carboxylic acids is 2. The molecule has 0 unspecified atom stereocenters. The minimum Gasteiger partial charge on any atom is -0.497 e. The molecule has 0 radical (unpaired) electrons. The second-order valence-electron chi connectivity index (χ2n) is 5.81. The molecule has 0 aliphatic rings. The van der Waals surface area contributed by atoms with Gasteiger partial charge in [0.15, 0.2) is 11.5 Å². The maximum Gasteiger partial charge on any atom is 0.269 e. The molecule has 2 rings (SSSR count). The predicted molar refractivity (Wildman–Crippen MR) is 105 cm³/mol. The van der Waals surface area contributed by atoms with Crippen molar-refractivity contribution in [1.82, 2.24) is 10.9 Å². The molecule has 0 fully saturated rings. The van der Waals surface area contributed by atoms with E-state index in [1.807, 2.05) is 0 Å². The third-order valence-corrected chi connectivity index (χ3v) is 4.02. The topological polar surface area (TPSA) is 104 Å². The number of hydrazine groups is 1. The molecular formula is C20H24N2O7. The molecule has 0 spiro atoms. The Labute approximate surface area is 168 Å². The number of rotatable bonds is 8. The van der Waals surface area contributed by atoms with Crippen LogP contribution in [-0.4, -0.2) is 47.4 Å². The third-order valence-electron chi connectivity index (χ3n) is 4.02. The molecule has 0 aromatic heterocycles. The zero-order valence-corrected chi connectivity index (χ0v) is 17.0. The van der Waals surface area contributed by atoms with E-state index in [1.165, 1.54) is 47.7 Å². The van der Waals surface area contributed by atoms with Gasteiger partial charge in [-0.25, -0.2) is 0 Å². The van der Waals surface area contributed by atoms with Gasteiger partial charge in [-0.1, -0.05) is 0 Å². The molecule has 0 saturated heterocycles. The first kappa shape index (κ1) is 21.7. The zero-order chi connectivity index (χ0) is 21.4. The molecule has 2 amide bonds. The second-order valence-corrected chi connectivity index (χ2v) is 5.81. The Kier molecular flexibility index (Phi) is 7.53. The fourth-order valence-electron chi connectivity index (χ4n) is 2.60. The summed E-state index contributed by atoms with van der Waals surface area (Å²) < 4.78 is 26.1. The molecule has 2 aromatic rings. The molecule has 29 heavy (non-hydrogen) atoms. The molecule has 0 aliphatic carbocycles. The van der Waals surface area contributed by atoms with Gasteiger partial charge in [0.05, 0.1) is 42.0 Å². The summed E-state index contributed by atoms with van der Waals surface area (Å²) in [5.41, 5.74) is 5.63. The average Bonchev–Trinajstić information content (AvgIpc) is 2.75. The Morgan fingerprint density at radius 1 is 0.724 bits per heavy atom. The van der Waals surface area contributed by atoms with Crippen molar-refractivity contribution in [3.8, 4) is 28.7 Å².